The number of nitrogens with zero attached hydrogens (tertiary/aromatic N) is 1. The van der Waals surface area contributed by atoms with Crippen LogP contribution in [0.3, 0.4) is 0 Å². The van der Waals surface area contributed by atoms with Crippen LogP contribution in [0.25, 0.3) is 0 Å². The van der Waals surface area contributed by atoms with Crippen molar-refractivity contribution in [3.63, 3.8) is 0 Å². The maximum atomic E-state index is 12.6. The predicted octanol–water partition coefficient (Wildman–Crippen LogP) is 4.20. The van der Waals surface area contributed by atoms with Crippen LogP contribution in [-0.4, -0.2) is 18.4 Å². The monoisotopic (exact) mass is 356 g/mol. The third-order valence-corrected chi connectivity index (χ3v) is 5.09. The molecule has 2 aromatic rings. The average molecular weight is 357 g/mol. The van der Waals surface area contributed by atoms with Gasteiger partial charge >= 0.3 is 0 Å². The molecule has 4 nitrogen and oxygen atoms in total. The Kier molecular flexibility index (Phi) is 5.09. The van der Waals surface area contributed by atoms with E-state index in [0.29, 0.717) is 17.3 Å². The summed E-state index contributed by atoms with van der Waals surface area (Å²) in [5.41, 5.74) is 3.59. The zero-order valence-corrected chi connectivity index (χ0v) is 15.1. The zero-order valence-electron chi connectivity index (χ0n) is 14.4. The summed E-state index contributed by atoms with van der Waals surface area (Å²) in [5, 5.41) is 3.51. The van der Waals surface area contributed by atoms with Crippen molar-refractivity contribution >= 4 is 34.8 Å². The van der Waals surface area contributed by atoms with Crippen LogP contribution in [0.15, 0.2) is 42.5 Å². The molecule has 2 amide bonds. The van der Waals surface area contributed by atoms with E-state index >= 15 is 0 Å². The number of anilines is 2. The largest absolute Gasteiger partial charge is 0.325 e. The van der Waals surface area contributed by atoms with Crippen molar-refractivity contribution < 1.29 is 9.59 Å². The topological polar surface area (TPSA) is 49.4 Å². The van der Waals surface area contributed by atoms with Crippen molar-refractivity contribution in [3.05, 3.63) is 58.6 Å². The molecule has 0 unspecified atom stereocenters. The van der Waals surface area contributed by atoms with Crippen molar-refractivity contribution in [2.75, 3.05) is 16.8 Å². The van der Waals surface area contributed by atoms with E-state index in [2.05, 4.69) is 12.2 Å². The van der Waals surface area contributed by atoms with Gasteiger partial charge in [0.05, 0.1) is 5.92 Å². The van der Waals surface area contributed by atoms with Crippen LogP contribution in [0.2, 0.25) is 5.02 Å². The lowest BCUT2D eigenvalue weighted by Crippen LogP contribution is -2.28. The molecule has 1 fully saturated rings. The number of aryl methyl sites for hydroxylation is 1. The first-order chi connectivity index (χ1) is 12.0. The quantitative estimate of drug-likeness (QED) is 0.892. The van der Waals surface area contributed by atoms with Crippen molar-refractivity contribution in [1.82, 2.24) is 0 Å². The van der Waals surface area contributed by atoms with Gasteiger partial charge < -0.3 is 10.2 Å². The Morgan fingerprint density at radius 2 is 1.96 bits per heavy atom. The molecular weight excluding hydrogens is 336 g/mol. The van der Waals surface area contributed by atoms with Crippen LogP contribution in [0.1, 0.15) is 24.5 Å². The molecule has 1 aliphatic heterocycles. The molecule has 2 aromatic carbocycles. The van der Waals surface area contributed by atoms with E-state index in [-0.39, 0.29) is 24.2 Å². The molecule has 0 aliphatic carbocycles. The number of carbonyl (C=O) groups is 2. The highest BCUT2D eigenvalue weighted by Gasteiger charge is 2.35. The highest BCUT2D eigenvalue weighted by atomic mass is 35.5. The molecule has 0 radical (unpaired) electrons. The lowest BCUT2D eigenvalue weighted by atomic mass is 10.1. The van der Waals surface area contributed by atoms with Crippen LogP contribution < -0.4 is 10.2 Å². The summed E-state index contributed by atoms with van der Waals surface area (Å²) in [5.74, 6) is -0.532. The SMILES string of the molecule is CCc1ccc(N2C[C@@H](C(=O)Nc3cccc(Cl)c3C)CC2=O)cc1. The fraction of sp³-hybridized carbons (Fsp3) is 0.300. The Morgan fingerprint density at radius 3 is 2.64 bits per heavy atom. The molecule has 25 heavy (non-hydrogen) atoms. The van der Waals surface area contributed by atoms with E-state index in [4.69, 9.17) is 11.6 Å². The third-order valence-electron chi connectivity index (χ3n) is 4.68. The molecule has 1 aliphatic rings. The summed E-state index contributed by atoms with van der Waals surface area (Å²) in [6, 6.07) is 13.3. The Bertz CT molecular complexity index is 802. The van der Waals surface area contributed by atoms with Gasteiger partial charge in [0.15, 0.2) is 0 Å². The molecule has 3 rings (SSSR count). The molecular formula is C20H21ClN2O2. The van der Waals surface area contributed by atoms with Gasteiger partial charge in [-0.3, -0.25) is 9.59 Å². The van der Waals surface area contributed by atoms with Gasteiger partial charge in [-0.1, -0.05) is 36.7 Å². The number of nitrogens with one attached hydrogen (secondary N) is 1. The smallest absolute Gasteiger partial charge is 0.229 e. The van der Waals surface area contributed by atoms with Crippen LogP contribution >= 0.6 is 11.6 Å². The number of hydrogen-bond donors (Lipinski definition) is 1. The number of carbonyl (C=O) groups excluding carboxylic acids is 2. The molecule has 0 saturated carbocycles. The number of rotatable bonds is 4. The summed E-state index contributed by atoms with van der Waals surface area (Å²) in [6.07, 6.45) is 1.18. The fourth-order valence-electron chi connectivity index (χ4n) is 3.02. The van der Waals surface area contributed by atoms with Crippen LogP contribution in [-0.2, 0) is 16.0 Å². The molecule has 0 bridgehead atoms. The van der Waals surface area contributed by atoms with E-state index in [9.17, 15) is 9.59 Å². The van der Waals surface area contributed by atoms with Crippen LogP contribution in [0, 0.1) is 12.8 Å². The molecule has 130 valence electrons. The summed E-state index contributed by atoms with van der Waals surface area (Å²) in [7, 11) is 0. The van der Waals surface area contributed by atoms with Gasteiger partial charge in [0.25, 0.3) is 0 Å². The molecule has 1 heterocycles. The Hall–Kier alpha value is -2.33. The number of hydrogen-bond acceptors (Lipinski definition) is 2. The van der Waals surface area contributed by atoms with Crippen LogP contribution in [0.5, 0.6) is 0 Å². The molecule has 5 heteroatoms. The second-order valence-corrected chi connectivity index (χ2v) is 6.73. The number of halogens is 1. The van der Waals surface area contributed by atoms with Gasteiger partial charge in [-0.25, -0.2) is 0 Å². The minimum Gasteiger partial charge on any atom is -0.325 e. The van der Waals surface area contributed by atoms with Gasteiger partial charge in [0, 0.05) is 29.4 Å². The standard InChI is InChI=1S/C20H21ClN2O2/c1-3-14-7-9-16(10-8-14)23-12-15(11-19(23)24)20(25)22-18-6-4-5-17(21)13(18)2/h4-10,15H,3,11-12H2,1-2H3,(H,22,25)/t15-/m0/s1. The zero-order chi connectivity index (χ0) is 18.0. The number of amides is 2. The molecule has 0 aromatic heterocycles. The minimum absolute atomic E-state index is 0.0211. The Morgan fingerprint density at radius 1 is 1.24 bits per heavy atom. The maximum absolute atomic E-state index is 12.6. The van der Waals surface area contributed by atoms with Crippen molar-refractivity contribution in [3.8, 4) is 0 Å². The lowest BCUT2D eigenvalue weighted by molar-refractivity contribution is -0.122. The summed E-state index contributed by atoms with van der Waals surface area (Å²) >= 11 is 6.09. The first kappa shape index (κ1) is 17.5. The molecule has 1 saturated heterocycles. The van der Waals surface area contributed by atoms with Gasteiger partial charge in [0.1, 0.15) is 0 Å². The normalized spacial score (nSPS) is 17.0. The summed E-state index contributed by atoms with van der Waals surface area (Å²) in [4.78, 5) is 26.6. The molecule has 1 atom stereocenters. The molecule has 1 N–H and O–H groups in total. The second-order valence-electron chi connectivity index (χ2n) is 6.33. The lowest BCUT2D eigenvalue weighted by Gasteiger charge is -2.17. The first-order valence-corrected chi connectivity index (χ1v) is 8.82. The maximum Gasteiger partial charge on any atom is 0.229 e. The van der Waals surface area contributed by atoms with E-state index in [0.717, 1.165) is 17.7 Å². The van der Waals surface area contributed by atoms with E-state index in [1.54, 1.807) is 17.0 Å². The number of benzene rings is 2. The Balaban J connectivity index is 1.71. The van der Waals surface area contributed by atoms with Crippen molar-refractivity contribution in [2.45, 2.75) is 26.7 Å². The van der Waals surface area contributed by atoms with E-state index in [1.807, 2.05) is 37.3 Å². The summed E-state index contributed by atoms with van der Waals surface area (Å²) < 4.78 is 0. The molecule has 0 spiro atoms. The Labute approximate surface area is 152 Å². The minimum atomic E-state index is -0.364. The highest BCUT2D eigenvalue weighted by Crippen LogP contribution is 2.28. The van der Waals surface area contributed by atoms with E-state index in [1.165, 1.54) is 5.56 Å². The van der Waals surface area contributed by atoms with Crippen LogP contribution in [0.4, 0.5) is 11.4 Å². The van der Waals surface area contributed by atoms with Gasteiger partial charge in [-0.05, 0) is 48.7 Å². The van der Waals surface area contributed by atoms with Crippen molar-refractivity contribution in [1.29, 1.82) is 0 Å². The highest BCUT2D eigenvalue weighted by molar-refractivity contribution is 6.31. The average Bonchev–Trinajstić information content (AvgIpc) is 3.01. The van der Waals surface area contributed by atoms with Gasteiger partial charge in [0.2, 0.25) is 11.8 Å². The fourth-order valence-corrected chi connectivity index (χ4v) is 3.20. The third kappa shape index (κ3) is 3.69. The predicted molar refractivity (Wildman–Crippen MR) is 101 cm³/mol. The first-order valence-electron chi connectivity index (χ1n) is 8.45. The van der Waals surface area contributed by atoms with E-state index < -0.39 is 0 Å². The summed E-state index contributed by atoms with van der Waals surface area (Å²) in [6.45, 7) is 4.35. The van der Waals surface area contributed by atoms with Gasteiger partial charge in [-0.2, -0.15) is 0 Å². The van der Waals surface area contributed by atoms with Crippen molar-refractivity contribution in [2.24, 2.45) is 5.92 Å². The second kappa shape index (κ2) is 7.28. The van der Waals surface area contributed by atoms with Gasteiger partial charge in [-0.15, -0.1) is 0 Å².